The number of phenols is 1. The molecule has 5 heteroatoms. The first-order valence-electron chi connectivity index (χ1n) is 7.93. The predicted octanol–water partition coefficient (Wildman–Crippen LogP) is 4.54. The fraction of sp³-hybridized carbons (Fsp3) is 0.150. The molecule has 4 nitrogen and oxygen atoms in total. The third kappa shape index (κ3) is 3.26. The van der Waals surface area contributed by atoms with Crippen LogP contribution in [0.15, 0.2) is 48.5 Å². The van der Waals surface area contributed by atoms with Gasteiger partial charge in [0.1, 0.15) is 11.6 Å². The van der Waals surface area contributed by atoms with E-state index in [4.69, 9.17) is 0 Å². The molecule has 0 amide bonds. The summed E-state index contributed by atoms with van der Waals surface area (Å²) in [5.74, 6) is -1.05. The second kappa shape index (κ2) is 6.81. The topological polar surface area (TPSA) is 62.3 Å². The van der Waals surface area contributed by atoms with Gasteiger partial charge in [-0.15, -0.1) is 0 Å². The number of H-pyrrole nitrogens is 1. The summed E-state index contributed by atoms with van der Waals surface area (Å²) in [7, 11) is 1.22. The van der Waals surface area contributed by atoms with Crippen LogP contribution in [-0.2, 0) is 11.2 Å². The third-order valence-electron chi connectivity index (χ3n) is 4.14. The highest BCUT2D eigenvalue weighted by molar-refractivity contribution is 5.90. The Balaban J connectivity index is 1.94. The van der Waals surface area contributed by atoms with Gasteiger partial charge in [-0.05, 0) is 60.0 Å². The van der Waals surface area contributed by atoms with Crippen molar-refractivity contribution in [3.05, 3.63) is 65.5 Å². The number of aromatic amines is 1. The van der Waals surface area contributed by atoms with Crippen LogP contribution >= 0.6 is 0 Å². The second-order valence-electron chi connectivity index (χ2n) is 5.67. The molecule has 128 valence electrons. The number of hydrogen-bond acceptors (Lipinski definition) is 3. The average Bonchev–Trinajstić information content (AvgIpc) is 3.11. The SMILES string of the molecule is CCc1cc(-c2ccc(-c3ccc(C(=O)OC)c(F)c3)[nH]2)ccc1O. The Morgan fingerprint density at radius 3 is 2.32 bits per heavy atom. The molecule has 0 aliphatic carbocycles. The Labute approximate surface area is 144 Å². The van der Waals surface area contributed by atoms with Crippen molar-refractivity contribution < 1.29 is 19.0 Å². The van der Waals surface area contributed by atoms with Gasteiger partial charge in [0.15, 0.2) is 0 Å². The number of phenolic OH excluding ortho intramolecular Hbond substituents is 1. The molecule has 0 saturated heterocycles. The number of benzene rings is 2. The lowest BCUT2D eigenvalue weighted by Gasteiger charge is -2.06. The van der Waals surface area contributed by atoms with Gasteiger partial charge in [-0.2, -0.15) is 0 Å². The molecule has 3 rings (SSSR count). The van der Waals surface area contributed by atoms with E-state index in [-0.39, 0.29) is 11.3 Å². The number of hydrogen-bond donors (Lipinski definition) is 2. The number of aromatic nitrogens is 1. The molecule has 25 heavy (non-hydrogen) atoms. The van der Waals surface area contributed by atoms with Crippen molar-refractivity contribution in [3.8, 4) is 28.3 Å². The van der Waals surface area contributed by atoms with Crippen LogP contribution in [-0.4, -0.2) is 23.2 Å². The van der Waals surface area contributed by atoms with Crippen molar-refractivity contribution >= 4 is 5.97 Å². The molecule has 0 saturated carbocycles. The number of nitrogens with one attached hydrogen (secondary N) is 1. The van der Waals surface area contributed by atoms with E-state index >= 15 is 0 Å². The van der Waals surface area contributed by atoms with Crippen LogP contribution < -0.4 is 0 Å². The van der Waals surface area contributed by atoms with Gasteiger partial charge in [-0.3, -0.25) is 0 Å². The summed E-state index contributed by atoms with van der Waals surface area (Å²) in [4.78, 5) is 14.7. The molecular weight excluding hydrogens is 321 g/mol. The molecule has 0 spiro atoms. The number of carbonyl (C=O) groups excluding carboxylic acids is 1. The molecule has 0 atom stereocenters. The van der Waals surface area contributed by atoms with Crippen molar-refractivity contribution in [1.29, 1.82) is 0 Å². The number of methoxy groups -OCH3 is 1. The quantitative estimate of drug-likeness (QED) is 0.686. The Morgan fingerprint density at radius 1 is 1.08 bits per heavy atom. The number of carbonyl (C=O) groups is 1. The van der Waals surface area contributed by atoms with Crippen LogP contribution in [0.4, 0.5) is 4.39 Å². The molecular formula is C20H18FNO3. The van der Waals surface area contributed by atoms with Gasteiger partial charge in [-0.1, -0.05) is 13.0 Å². The Bertz CT molecular complexity index is 930. The van der Waals surface area contributed by atoms with Crippen LogP contribution in [0.1, 0.15) is 22.8 Å². The van der Waals surface area contributed by atoms with Gasteiger partial charge in [-0.25, -0.2) is 9.18 Å². The van der Waals surface area contributed by atoms with Gasteiger partial charge in [0.05, 0.1) is 12.7 Å². The Hall–Kier alpha value is -3.08. The maximum atomic E-state index is 14.1. The van der Waals surface area contributed by atoms with Gasteiger partial charge in [0.2, 0.25) is 0 Å². The molecule has 2 N–H and O–H groups in total. The number of halogens is 1. The van der Waals surface area contributed by atoms with Crippen molar-refractivity contribution in [2.24, 2.45) is 0 Å². The highest BCUT2D eigenvalue weighted by atomic mass is 19.1. The molecule has 0 fully saturated rings. The molecule has 0 unspecified atom stereocenters. The summed E-state index contributed by atoms with van der Waals surface area (Å²) >= 11 is 0. The molecule has 2 aromatic carbocycles. The monoisotopic (exact) mass is 339 g/mol. The molecule has 0 aliphatic rings. The average molecular weight is 339 g/mol. The summed E-state index contributed by atoms with van der Waals surface area (Å²) in [5.41, 5.74) is 3.93. The smallest absolute Gasteiger partial charge is 0.340 e. The van der Waals surface area contributed by atoms with Crippen molar-refractivity contribution in [1.82, 2.24) is 4.98 Å². The molecule has 3 aromatic rings. The van der Waals surface area contributed by atoms with Gasteiger partial charge in [0.25, 0.3) is 0 Å². The van der Waals surface area contributed by atoms with E-state index in [1.807, 2.05) is 31.2 Å². The fourth-order valence-corrected chi connectivity index (χ4v) is 2.73. The summed E-state index contributed by atoms with van der Waals surface area (Å²) in [6.45, 7) is 1.98. The van der Waals surface area contributed by atoms with Gasteiger partial charge >= 0.3 is 5.97 Å². The highest BCUT2D eigenvalue weighted by Gasteiger charge is 2.14. The molecule has 1 aromatic heterocycles. The second-order valence-corrected chi connectivity index (χ2v) is 5.67. The zero-order chi connectivity index (χ0) is 18.0. The normalized spacial score (nSPS) is 10.7. The Morgan fingerprint density at radius 2 is 1.72 bits per heavy atom. The minimum absolute atomic E-state index is 0.0934. The van der Waals surface area contributed by atoms with Crippen molar-refractivity contribution in [2.75, 3.05) is 7.11 Å². The van der Waals surface area contributed by atoms with Crippen LogP contribution in [0.25, 0.3) is 22.5 Å². The standard InChI is InChI=1S/C20H18FNO3/c1-3-12-10-13(5-9-19(12)23)17-7-8-18(22-17)14-4-6-15(16(21)11-14)20(24)25-2/h4-11,22-23H,3H2,1-2H3. The number of esters is 1. The van der Waals surface area contributed by atoms with E-state index in [0.717, 1.165) is 28.9 Å². The molecule has 0 radical (unpaired) electrons. The number of aromatic hydroxyl groups is 1. The zero-order valence-corrected chi connectivity index (χ0v) is 14.0. The first kappa shape index (κ1) is 16.8. The largest absolute Gasteiger partial charge is 0.508 e. The van der Waals surface area contributed by atoms with Gasteiger partial charge in [0, 0.05) is 17.0 Å². The Kier molecular flexibility index (Phi) is 4.57. The first-order chi connectivity index (χ1) is 12.0. The van der Waals surface area contributed by atoms with Crippen LogP contribution in [0, 0.1) is 5.82 Å². The molecule has 1 heterocycles. The number of aryl methyl sites for hydroxylation is 1. The van der Waals surface area contributed by atoms with Crippen LogP contribution in [0.2, 0.25) is 0 Å². The van der Waals surface area contributed by atoms with Crippen molar-refractivity contribution in [3.63, 3.8) is 0 Å². The predicted molar refractivity (Wildman–Crippen MR) is 94.0 cm³/mol. The van der Waals surface area contributed by atoms with E-state index < -0.39 is 11.8 Å². The highest BCUT2D eigenvalue weighted by Crippen LogP contribution is 2.29. The zero-order valence-electron chi connectivity index (χ0n) is 14.0. The minimum atomic E-state index is -0.701. The summed E-state index contributed by atoms with van der Waals surface area (Å²) < 4.78 is 18.7. The van der Waals surface area contributed by atoms with E-state index in [0.29, 0.717) is 5.56 Å². The molecule has 0 aliphatic heterocycles. The minimum Gasteiger partial charge on any atom is -0.508 e. The summed E-state index contributed by atoms with van der Waals surface area (Å²) in [6.07, 6.45) is 0.730. The van der Waals surface area contributed by atoms with Crippen LogP contribution in [0.5, 0.6) is 5.75 Å². The fourth-order valence-electron chi connectivity index (χ4n) is 2.73. The van der Waals surface area contributed by atoms with Gasteiger partial charge < -0.3 is 14.8 Å². The maximum Gasteiger partial charge on any atom is 0.340 e. The van der Waals surface area contributed by atoms with E-state index in [9.17, 15) is 14.3 Å². The lowest BCUT2D eigenvalue weighted by atomic mass is 10.1. The third-order valence-corrected chi connectivity index (χ3v) is 4.14. The lowest BCUT2D eigenvalue weighted by molar-refractivity contribution is 0.0595. The molecule has 0 bridgehead atoms. The summed E-state index contributed by atoms with van der Waals surface area (Å²) in [6, 6.07) is 13.5. The van der Waals surface area contributed by atoms with Crippen molar-refractivity contribution in [2.45, 2.75) is 13.3 Å². The number of rotatable bonds is 4. The van der Waals surface area contributed by atoms with E-state index in [1.54, 1.807) is 12.1 Å². The number of ether oxygens (including phenoxy) is 1. The lowest BCUT2D eigenvalue weighted by Crippen LogP contribution is -2.04. The maximum absolute atomic E-state index is 14.1. The summed E-state index contributed by atoms with van der Waals surface area (Å²) in [5, 5.41) is 9.80. The first-order valence-corrected chi connectivity index (χ1v) is 7.93. The van der Waals surface area contributed by atoms with Crippen LogP contribution in [0.3, 0.4) is 0 Å². The van der Waals surface area contributed by atoms with E-state index in [1.165, 1.54) is 19.2 Å². The van der Waals surface area contributed by atoms with E-state index in [2.05, 4.69) is 9.72 Å².